The van der Waals surface area contributed by atoms with Crippen LogP contribution in [-0.4, -0.2) is 9.13 Å². The fourth-order valence-electron chi connectivity index (χ4n) is 7.22. The van der Waals surface area contributed by atoms with Gasteiger partial charge in [0.25, 0.3) is 0 Å². The molecular formula is C40H24N2O. The topological polar surface area (TPSA) is 23.0 Å². The molecule has 0 aliphatic rings. The van der Waals surface area contributed by atoms with Crippen molar-refractivity contribution in [2.45, 2.75) is 0 Å². The SMILES string of the molecule is c1ccc(-n2c3ccccc3c3cc4c(cc32)c2ccccc2n4-c2cccc3oc4cc5ccccc5cc4c23)cc1. The summed E-state index contributed by atoms with van der Waals surface area (Å²) in [5, 5.41) is 9.63. The summed E-state index contributed by atoms with van der Waals surface area (Å²) in [6.07, 6.45) is 0. The molecule has 0 radical (unpaired) electrons. The smallest absolute Gasteiger partial charge is 0.137 e. The molecule has 3 aromatic heterocycles. The molecular weight excluding hydrogens is 524 g/mol. The van der Waals surface area contributed by atoms with Gasteiger partial charge in [-0.1, -0.05) is 84.9 Å². The Labute approximate surface area is 246 Å². The van der Waals surface area contributed by atoms with Gasteiger partial charge in [-0.3, -0.25) is 0 Å². The van der Waals surface area contributed by atoms with Gasteiger partial charge < -0.3 is 13.6 Å². The largest absolute Gasteiger partial charge is 0.456 e. The predicted molar refractivity (Wildman–Crippen MR) is 180 cm³/mol. The van der Waals surface area contributed by atoms with E-state index < -0.39 is 0 Å². The van der Waals surface area contributed by atoms with Crippen LogP contribution >= 0.6 is 0 Å². The van der Waals surface area contributed by atoms with Crippen molar-refractivity contribution >= 4 is 76.3 Å². The standard InChI is InChI=1S/C40H24N2O/c1-2-13-27(14-3-1)41-33-17-8-6-15-28(33)30-24-37-31(23-36(30)41)29-16-7-9-18-34(29)42(37)35-19-10-20-38-40(35)32-21-25-11-4-5-12-26(25)22-39(32)43-38/h1-24H. The van der Waals surface area contributed by atoms with Gasteiger partial charge >= 0.3 is 0 Å². The number of hydrogen-bond donors (Lipinski definition) is 0. The van der Waals surface area contributed by atoms with Gasteiger partial charge in [-0.15, -0.1) is 0 Å². The first-order valence-corrected chi connectivity index (χ1v) is 14.7. The molecule has 200 valence electrons. The van der Waals surface area contributed by atoms with Gasteiger partial charge in [0.15, 0.2) is 0 Å². The van der Waals surface area contributed by atoms with Crippen LogP contribution in [0.4, 0.5) is 0 Å². The highest BCUT2D eigenvalue weighted by Crippen LogP contribution is 2.42. The maximum absolute atomic E-state index is 6.49. The highest BCUT2D eigenvalue weighted by Gasteiger charge is 2.21. The third-order valence-corrected chi connectivity index (χ3v) is 9.06. The lowest BCUT2D eigenvalue weighted by molar-refractivity contribution is 0.669. The summed E-state index contributed by atoms with van der Waals surface area (Å²) in [5.41, 5.74) is 8.90. The van der Waals surface area contributed by atoms with Crippen LogP contribution in [0, 0.1) is 0 Å². The fourth-order valence-corrected chi connectivity index (χ4v) is 7.22. The van der Waals surface area contributed by atoms with E-state index in [0.29, 0.717) is 0 Å². The molecule has 43 heavy (non-hydrogen) atoms. The van der Waals surface area contributed by atoms with Crippen LogP contribution in [0.15, 0.2) is 150 Å². The summed E-state index contributed by atoms with van der Waals surface area (Å²) in [6, 6.07) is 52.3. The van der Waals surface area contributed by atoms with Crippen molar-refractivity contribution in [2.24, 2.45) is 0 Å². The van der Waals surface area contributed by atoms with Crippen molar-refractivity contribution in [2.75, 3.05) is 0 Å². The van der Waals surface area contributed by atoms with E-state index in [-0.39, 0.29) is 0 Å². The van der Waals surface area contributed by atoms with E-state index in [1.165, 1.54) is 60.1 Å². The summed E-state index contributed by atoms with van der Waals surface area (Å²) >= 11 is 0. The van der Waals surface area contributed by atoms with E-state index in [1.54, 1.807) is 0 Å². The van der Waals surface area contributed by atoms with Gasteiger partial charge in [0.1, 0.15) is 11.2 Å². The molecule has 0 aliphatic carbocycles. The van der Waals surface area contributed by atoms with Gasteiger partial charge in [0.05, 0.1) is 33.1 Å². The van der Waals surface area contributed by atoms with Crippen molar-refractivity contribution in [1.82, 2.24) is 9.13 Å². The Bertz CT molecular complexity index is 2720. The summed E-state index contributed by atoms with van der Waals surface area (Å²) < 4.78 is 11.3. The van der Waals surface area contributed by atoms with E-state index >= 15 is 0 Å². The third kappa shape index (κ3) is 3.08. The highest BCUT2D eigenvalue weighted by atomic mass is 16.3. The van der Waals surface area contributed by atoms with E-state index in [9.17, 15) is 0 Å². The molecule has 0 atom stereocenters. The highest BCUT2D eigenvalue weighted by molar-refractivity contribution is 6.20. The van der Waals surface area contributed by atoms with E-state index in [0.717, 1.165) is 27.6 Å². The van der Waals surface area contributed by atoms with Crippen LogP contribution in [-0.2, 0) is 0 Å². The quantitative estimate of drug-likeness (QED) is 0.211. The van der Waals surface area contributed by atoms with Crippen LogP contribution < -0.4 is 0 Å². The first-order chi connectivity index (χ1) is 21.3. The van der Waals surface area contributed by atoms with E-state index in [4.69, 9.17) is 4.42 Å². The van der Waals surface area contributed by atoms with E-state index in [1.807, 2.05) is 0 Å². The van der Waals surface area contributed by atoms with Crippen molar-refractivity contribution in [3.8, 4) is 11.4 Å². The minimum atomic E-state index is 0.899. The third-order valence-electron chi connectivity index (χ3n) is 9.06. The monoisotopic (exact) mass is 548 g/mol. The molecule has 3 nitrogen and oxygen atoms in total. The number of fused-ring (bicyclic) bond motifs is 10. The molecule has 0 spiro atoms. The summed E-state index contributed by atoms with van der Waals surface area (Å²) in [4.78, 5) is 0. The minimum Gasteiger partial charge on any atom is -0.456 e. The van der Waals surface area contributed by atoms with Gasteiger partial charge in [-0.25, -0.2) is 0 Å². The minimum absolute atomic E-state index is 0.899. The second kappa shape index (κ2) is 8.37. The molecule has 3 heteroatoms. The zero-order chi connectivity index (χ0) is 28.1. The summed E-state index contributed by atoms with van der Waals surface area (Å²) in [5.74, 6) is 0. The van der Waals surface area contributed by atoms with Crippen LogP contribution in [0.25, 0.3) is 87.7 Å². The Kier molecular flexibility index (Phi) is 4.45. The first kappa shape index (κ1) is 22.8. The van der Waals surface area contributed by atoms with Crippen molar-refractivity contribution in [3.05, 3.63) is 146 Å². The average molecular weight is 549 g/mol. The fraction of sp³-hybridized carbons (Fsp3) is 0. The lowest BCUT2D eigenvalue weighted by Crippen LogP contribution is -1.95. The average Bonchev–Trinajstić information content (AvgIpc) is 3.70. The second-order valence-corrected chi connectivity index (χ2v) is 11.4. The van der Waals surface area contributed by atoms with Gasteiger partial charge in [-0.2, -0.15) is 0 Å². The molecule has 3 heterocycles. The molecule has 0 unspecified atom stereocenters. The Morgan fingerprint density at radius 1 is 0.372 bits per heavy atom. The number of hydrogen-bond acceptors (Lipinski definition) is 1. The summed E-state index contributed by atoms with van der Waals surface area (Å²) in [7, 11) is 0. The maximum atomic E-state index is 6.49. The maximum Gasteiger partial charge on any atom is 0.137 e. The van der Waals surface area contributed by atoms with Crippen molar-refractivity contribution in [1.29, 1.82) is 0 Å². The second-order valence-electron chi connectivity index (χ2n) is 11.4. The number of nitrogens with zero attached hydrogens (tertiary/aromatic N) is 2. The Balaban J connectivity index is 1.38. The Morgan fingerprint density at radius 3 is 1.72 bits per heavy atom. The number of aromatic nitrogens is 2. The van der Waals surface area contributed by atoms with Gasteiger partial charge in [0, 0.05) is 32.6 Å². The van der Waals surface area contributed by atoms with Crippen molar-refractivity contribution < 1.29 is 4.42 Å². The number of furan rings is 1. The molecule has 7 aromatic carbocycles. The van der Waals surface area contributed by atoms with Gasteiger partial charge in [0.2, 0.25) is 0 Å². The van der Waals surface area contributed by atoms with Crippen LogP contribution in [0.5, 0.6) is 0 Å². The molecule has 0 fully saturated rings. The zero-order valence-electron chi connectivity index (χ0n) is 23.2. The molecule has 0 saturated carbocycles. The van der Waals surface area contributed by atoms with Crippen LogP contribution in [0.2, 0.25) is 0 Å². The van der Waals surface area contributed by atoms with Crippen LogP contribution in [0.3, 0.4) is 0 Å². The molecule has 0 bridgehead atoms. The number of benzene rings is 7. The lowest BCUT2D eigenvalue weighted by atomic mass is 10.0. The molecule has 0 aliphatic heterocycles. The number of para-hydroxylation sites is 3. The molecule has 0 N–H and O–H groups in total. The Morgan fingerprint density at radius 2 is 0.977 bits per heavy atom. The van der Waals surface area contributed by atoms with Crippen LogP contribution in [0.1, 0.15) is 0 Å². The number of rotatable bonds is 2. The molecule has 10 rings (SSSR count). The summed E-state index contributed by atoms with van der Waals surface area (Å²) in [6.45, 7) is 0. The predicted octanol–water partition coefficient (Wildman–Crippen LogP) is 10.9. The molecule has 10 aromatic rings. The van der Waals surface area contributed by atoms with Gasteiger partial charge in [-0.05, 0) is 71.4 Å². The molecule has 0 saturated heterocycles. The molecule has 0 amide bonds. The Hall–Kier alpha value is -5.80. The normalized spacial score (nSPS) is 12.2. The zero-order valence-corrected chi connectivity index (χ0v) is 23.2. The lowest BCUT2D eigenvalue weighted by Gasteiger charge is -2.10. The van der Waals surface area contributed by atoms with Crippen molar-refractivity contribution in [3.63, 3.8) is 0 Å². The first-order valence-electron chi connectivity index (χ1n) is 14.7. The van der Waals surface area contributed by atoms with E-state index in [2.05, 4.69) is 155 Å².